The highest BCUT2D eigenvalue weighted by Crippen LogP contribution is 2.35. The molecule has 7 heteroatoms. The number of piperidine rings is 1. The molecule has 0 amide bonds. The third kappa shape index (κ3) is 3.62. The monoisotopic (exact) mass is 354 g/mol. The summed E-state index contributed by atoms with van der Waals surface area (Å²) in [5.41, 5.74) is 1.95. The number of hydrogen-bond donors (Lipinski definition) is 0. The number of nitrogens with zero attached hydrogens (tertiary/aromatic N) is 6. The molecule has 0 aromatic carbocycles. The number of rotatable bonds is 5. The second-order valence-corrected chi connectivity index (χ2v) is 7.46. The van der Waals surface area contributed by atoms with E-state index in [2.05, 4.69) is 30.8 Å². The van der Waals surface area contributed by atoms with E-state index in [0.29, 0.717) is 12.1 Å². The first-order chi connectivity index (χ1) is 12.6. The summed E-state index contributed by atoms with van der Waals surface area (Å²) in [6, 6.07) is 3.28. The van der Waals surface area contributed by atoms with Gasteiger partial charge >= 0.3 is 0 Å². The van der Waals surface area contributed by atoms with Crippen molar-refractivity contribution < 1.29 is 0 Å². The highest BCUT2D eigenvalue weighted by molar-refractivity contribution is 5.43. The van der Waals surface area contributed by atoms with E-state index in [0.717, 1.165) is 49.7 Å². The van der Waals surface area contributed by atoms with Gasteiger partial charge in [-0.1, -0.05) is 0 Å². The molecule has 1 saturated heterocycles. The van der Waals surface area contributed by atoms with Crippen LogP contribution >= 0.6 is 0 Å². The number of anilines is 1. The lowest BCUT2D eigenvalue weighted by Crippen LogP contribution is -2.46. The Balaban J connectivity index is 1.42. The van der Waals surface area contributed by atoms with Gasteiger partial charge in [0.2, 0.25) is 0 Å². The lowest BCUT2D eigenvalue weighted by atomic mass is 10.0. The number of aromatic nitrogens is 4. The molecule has 0 N–H and O–H groups in total. The average molecular weight is 354 g/mol. The summed E-state index contributed by atoms with van der Waals surface area (Å²) in [5, 5.41) is 0. The first-order valence-electron chi connectivity index (χ1n) is 9.41. The van der Waals surface area contributed by atoms with Crippen LogP contribution in [0.25, 0.3) is 0 Å². The van der Waals surface area contributed by atoms with Crippen molar-refractivity contribution in [1.29, 1.82) is 0 Å². The molecule has 1 aliphatic carbocycles. The van der Waals surface area contributed by atoms with Crippen LogP contribution in [0.5, 0.6) is 0 Å². The van der Waals surface area contributed by atoms with Crippen LogP contribution in [0.2, 0.25) is 0 Å². The Kier molecular flexibility index (Phi) is 4.72. The highest BCUT2D eigenvalue weighted by atomic mass is 16.1. The van der Waals surface area contributed by atoms with Gasteiger partial charge in [0.25, 0.3) is 5.56 Å². The van der Waals surface area contributed by atoms with E-state index < -0.39 is 0 Å². The molecule has 4 rings (SSSR count). The van der Waals surface area contributed by atoms with E-state index >= 15 is 0 Å². The second kappa shape index (κ2) is 7.15. The molecule has 138 valence electrons. The molecule has 0 unspecified atom stereocenters. The standard InChI is InChI=1S/C19H26N6O/c1-14-9-18(22-13-21-14)25(15-3-4-15)16-5-7-24(8-6-16)12-17-10-20-11-19(26)23(17)2/h9-11,13,15-16H,3-8,12H2,1-2H3. The van der Waals surface area contributed by atoms with Crippen LogP contribution in [0.1, 0.15) is 37.1 Å². The van der Waals surface area contributed by atoms with E-state index in [4.69, 9.17) is 0 Å². The zero-order valence-corrected chi connectivity index (χ0v) is 15.5. The first kappa shape index (κ1) is 17.1. The molecule has 0 spiro atoms. The molecule has 2 aliphatic rings. The van der Waals surface area contributed by atoms with Crippen LogP contribution in [0.4, 0.5) is 5.82 Å². The molecule has 1 aliphatic heterocycles. The summed E-state index contributed by atoms with van der Waals surface area (Å²) in [4.78, 5) is 29.5. The van der Waals surface area contributed by atoms with E-state index in [1.54, 1.807) is 17.1 Å². The quantitative estimate of drug-likeness (QED) is 0.811. The van der Waals surface area contributed by atoms with Crippen LogP contribution in [0.15, 0.2) is 29.6 Å². The van der Waals surface area contributed by atoms with E-state index in [-0.39, 0.29) is 5.56 Å². The Hall–Kier alpha value is -2.28. The Morgan fingerprint density at radius 1 is 1.12 bits per heavy atom. The summed E-state index contributed by atoms with van der Waals surface area (Å²) in [6.07, 6.45) is 9.61. The van der Waals surface area contributed by atoms with Crippen molar-refractivity contribution in [2.45, 2.75) is 51.2 Å². The Morgan fingerprint density at radius 2 is 1.85 bits per heavy atom. The van der Waals surface area contributed by atoms with Gasteiger partial charge in [0.1, 0.15) is 12.1 Å². The van der Waals surface area contributed by atoms with Crippen LogP contribution < -0.4 is 10.5 Å². The van der Waals surface area contributed by atoms with Crippen molar-refractivity contribution in [3.05, 3.63) is 46.5 Å². The van der Waals surface area contributed by atoms with Gasteiger partial charge in [-0.25, -0.2) is 9.97 Å². The Morgan fingerprint density at radius 3 is 2.54 bits per heavy atom. The zero-order valence-electron chi connectivity index (χ0n) is 15.5. The van der Waals surface area contributed by atoms with Crippen LogP contribution in [0.3, 0.4) is 0 Å². The molecular weight excluding hydrogens is 328 g/mol. The molecule has 26 heavy (non-hydrogen) atoms. The summed E-state index contributed by atoms with van der Waals surface area (Å²) in [6.45, 7) is 4.86. The molecule has 7 nitrogen and oxygen atoms in total. The maximum Gasteiger partial charge on any atom is 0.268 e. The molecule has 2 aromatic rings. The smallest absolute Gasteiger partial charge is 0.268 e. The third-order valence-electron chi connectivity index (χ3n) is 5.50. The number of aryl methyl sites for hydroxylation is 1. The average Bonchev–Trinajstić information content (AvgIpc) is 3.46. The molecule has 0 radical (unpaired) electrons. The minimum atomic E-state index is -0.0450. The van der Waals surface area contributed by atoms with Crippen molar-refractivity contribution in [2.24, 2.45) is 7.05 Å². The predicted molar refractivity (Wildman–Crippen MR) is 100 cm³/mol. The lowest BCUT2D eigenvalue weighted by Gasteiger charge is -2.39. The summed E-state index contributed by atoms with van der Waals surface area (Å²) >= 11 is 0. The zero-order chi connectivity index (χ0) is 18.1. The first-order valence-corrected chi connectivity index (χ1v) is 9.41. The number of likely N-dealkylation sites (tertiary alicyclic amines) is 1. The lowest BCUT2D eigenvalue weighted by molar-refractivity contribution is 0.196. The van der Waals surface area contributed by atoms with E-state index in [1.165, 1.54) is 19.0 Å². The van der Waals surface area contributed by atoms with Gasteiger partial charge in [0.15, 0.2) is 0 Å². The molecule has 2 fully saturated rings. The molecule has 1 saturated carbocycles. The van der Waals surface area contributed by atoms with Gasteiger partial charge in [-0.05, 0) is 32.6 Å². The normalized spacial score (nSPS) is 18.8. The van der Waals surface area contributed by atoms with Gasteiger partial charge in [0.05, 0.1) is 11.9 Å². The van der Waals surface area contributed by atoms with Gasteiger partial charge < -0.3 is 9.47 Å². The van der Waals surface area contributed by atoms with E-state index in [9.17, 15) is 4.79 Å². The second-order valence-electron chi connectivity index (χ2n) is 7.46. The molecule has 0 atom stereocenters. The fourth-order valence-corrected chi connectivity index (χ4v) is 3.84. The minimum absolute atomic E-state index is 0.0450. The Bertz CT molecular complexity index is 823. The highest BCUT2D eigenvalue weighted by Gasteiger charge is 2.36. The van der Waals surface area contributed by atoms with Gasteiger partial charge in [-0.3, -0.25) is 14.7 Å². The molecule has 3 heterocycles. The largest absolute Gasteiger partial charge is 0.350 e. The fourth-order valence-electron chi connectivity index (χ4n) is 3.84. The van der Waals surface area contributed by atoms with E-state index in [1.807, 2.05) is 14.0 Å². The third-order valence-corrected chi connectivity index (χ3v) is 5.50. The van der Waals surface area contributed by atoms with Gasteiger partial charge in [-0.2, -0.15) is 0 Å². The maximum absolute atomic E-state index is 11.8. The minimum Gasteiger partial charge on any atom is -0.350 e. The molecule has 2 aromatic heterocycles. The van der Waals surface area contributed by atoms with Crippen molar-refractivity contribution in [3.63, 3.8) is 0 Å². The number of hydrogen-bond acceptors (Lipinski definition) is 6. The fraction of sp³-hybridized carbons (Fsp3) is 0.579. The summed E-state index contributed by atoms with van der Waals surface area (Å²) in [7, 11) is 1.82. The van der Waals surface area contributed by atoms with Crippen molar-refractivity contribution >= 4 is 5.82 Å². The van der Waals surface area contributed by atoms with Crippen molar-refractivity contribution in [1.82, 2.24) is 24.4 Å². The topological polar surface area (TPSA) is 67.2 Å². The van der Waals surface area contributed by atoms with Gasteiger partial charge in [0, 0.05) is 56.7 Å². The SMILES string of the molecule is Cc1cc(N(C2CC2)C2CCN(Cc3cncc(=O)n3C)CC2)ncn1. The van der Waals surface area contributed by atoms with Gasteiger partial charge in [-0.15, -0.1) is 0 Å². The van der Waals surface area contributed by atoms with Crippen molar-refractivity contribution in [3.8, 4) is 0 Å². The Labute approximate surface area is 153 Å². The van der Waals surface area contributed by atoms with Crippen LogP contribution in [-0.4, -0.2) is 49.6 Å². The van der Waals surface area contributed by atoms with Crippen LogP contribution in [0, 0.1) is 6.92 Å². The van der Waals surface area contributed by atoms with Crippen LogP contribution in [-0.2, 0) is 13.6 Å². The summed E-state index contributed by atoms with van der Waals surface area (Å²) < 4.78 is 1.69. The van der Waals surface area contributed by atoms with Crippen molar-refractivity contribution in [2.75, 3.05) is 18.0 Å². The molecule has 0 bridgehead atoms. The summed E-state index contributed by atoms with van der Waals surface area (Å²) in [5.74, 6) is 1.08. The molecular formula is C19H26N6O. The maximum atomic E-state index is 11.8. The predicted octanol–water partition coefficient (Wildman–Crippen LogP) is 1.51.